The molecule has 4 aromatic rings. The predicted octanol–water partition coefficient (Wildman–Crippen LogP) is 5.43. The van der Waals surface area contributed by atoms with Crippen molar-refractivity contribution in [3.05, 3.63) is 71.5 Å². The van der Waals surface area contributed by atoms with Crippen molar-refractivity contribution >= 4 is 40.5 Å². The number of nitrogens with zero attached hydrogens (tertiary/aromatic N) is 5. The third kappa shape index (κ3) is 9.06. The lowest BCUT2D eigenvalue weighted by atomic mass is 9.84. The fourth-order valence-corrected chi connectivity index (χ4v) is 12.2. The van der Waals surface area contributed by atoms with Gasteiger partial charge in [0, 0.05) is 80.9 Å². The van der Waals surface area contributed by atoms with E-state index in [4.69, 9.17) is 14.5 Å². The van der Waals surface area contributed by atoms with E-state index in [0.717, 1.165) is 70.2 Å². The van der Waals surface area contributed by atoms with Gasteiger partial charge in [-0.1, -0.05) is 38.8 Å². The van der Waals surface area contributed by atoms with Crippen LogP contribution in [-0.4, -0.2) is 130 Å². The van der Waals surface area contributed by atoms with Gasteiger partial charge in [-0.25, -0.2) is 5.43 Å². The number of aryl methyl sites for hydroxylation is 1. The number of methoxy groups -OCH3 is 1. The summed E-state index contributed by atoms with van der Waals surface area (Å²) in [5.41, 5.74) is 9.00. The van der Waals surface area contributed by atoms with Crippen LogP contribution >= 0.6 is 0 Å². The van der Waals surface area contributed by atoms with Gasteiger partial charge in [-0.05, 0) is 123 Å². The number of hydrazine groups is 1. The summed E-state index contributed by atoms with van der Waals surface area (Å²) in [6.45, 7) is 11.3. The number of phenolic OH excluding ortho intramolecular Hbond substituents is 1. The highest BCUT2D eigenvalue weighted by atomic mass is 16.5. The highest BCUT2D eigenvalue weighted by Crippen LogP contribution is 2.45. The number of phenols is 1. The molecule has 1 unspecified atom stereocenters. The van der Waals surface area contributed by atoms with Gasteiger partial charge < -0.3 is 39.6 Å². The second kappa shape index (κ2) is 19.1. The Morgan fingerprint density at radius 2 is 1.79 bits per heavy atom. The minimum atomic E-state index is -1.12. The van der Waals surface area contributed by atoms with Crippen molar-refractivity contribution in [1.82, 2.24) is 40.4 Å². The zero-order chi connectivity index (χ0) is 49.1. The van der Waals surface area contributed by atoms with Crippen LogP contribution in [0.15, 0.2) is 54.7 Å². The van der Waals surface area contributed by atoms with Gasteiger partial charge in [0.25, 0.3) is 5.91 Å². The van der Waals surface area contributed by atoms with Crippen molar-refractivity contribution in [3.8, 4) is 28.1 Å². The Morgan fingerprint density at radius 1 is 1.00 bits per heavy atom. The summed E-state index contributed by atoms with van der Waals surface area (Å²) >= 11 is 0. The number of likely N-dealkylation sites (tertiary alicyclic amines) is 2. The first-order valence-corrected chi connectivity index (χ1v) is 25.5. The van der Waals surface area contributed by atoms with Crippen LogP contribution < -0.4 is 16.1 Å². The number of cyclic esters (lactones) is 1. The van der Waals surface area contributed by atoms with Crippen LogP contribution in [0.1, 0.15) is 102 Å². The number of fused-ring (bicyclic) bond motifs is 6. The molecular weight excluding hydrogens is 889 g/mol. The molecule has 16 heteroatoms. The van der Waals surface area contributed by atoms with E-state index in [9.17, 15) is 24.3 Å². The minimum absolute atomic E-state index is 0.0125. The van der Waals surface area contributed by atoms with Crippen LogP contribution in [0.5, 0.6) is 5.75 Å². The molecule has 6 aliphatic rings. The number of aromatic nitrogens is 2. The van der Waals surface area contributed by atoms with Gasteiger partial charge in [-0.3, -0.25) is 34.0 Å². The number of pyridine rings is 1. The van der Waals surface area contributed by atoms with Crippen molar-refractivity contribution in [3.63, 3.8) is 0 Å². The molecule has 1 spiro atoms. The SMILES string of the molecule is CCn1c(-c2cccnc2[C@H](C)OC)c2c3cc(ccc31)-c1cc(O)cc(c1)C[C@H](NC(=O)C(C1CCCC1)N1CC[C@]3(CCN(C(=O)[C@H]4CN4)C3)C1=O)C(=O)N1CCC[C@H](N1)C(=O)OCC(C)(C)C2. The fourth-order valence-electron chi connectivity index (χ4n) is 12.2. The number of ether oxygens (including phenoxy) is 2. The van der Waals surface area contributed by atoms with Crippen LogP contribution in [0.25, 0.3) is 33.3 Å². The maximum absolute atomic E-state index is 15.1. The molecule has 0 radical (unpaired) electrons. The molecule has 5 fully saturated rings. The molecule has 2 aromatic carbocycles. The second-order valence-electron chi connectivity index (χ2n) is 21.5. The lowest BCUT2D eigenvalue weighted by Gasteiger charge is -2.37. The number of rotatable bonds is 9. The largest absolute Gasteiger partial charge is 0.508 e. The van der Waals surface area contributed by atoms with Crippen LogP contribution in [0.3, 0.4) is 0 Å². The normalized spacial score (nSPS) is 25.9. The Balaban J connectivity index is 1.03. The highest BCUT2D eigenvalue weighted by molar-refractivity contribution is 5.97. The van der Waals surface area contributed by atoms with Gasteiger partial charge in [0.2, 0.25) is 17.7 Å². The summed E-state index contributed by atoms with van der Waals surface area (Å²) in [6.07, 6.45) is 7.61. The average molecular weight is 957 g/mol. The number of benzene rings is 2. The molecule has 1 aliphatic carbocycles. The number of nitrogens with one attached hydrogen (secondary N) is 3. The highest BCUT2D eigenvalue weighted by Gasteiger charge is 2.56. The molecule has 1 saturated carbocycles. The van der Waals surface area contributed by atoms with Crippen LogP contribution in [-0.2, 0) is 52.8 Å². The summed E-state index contributed by atoms with van der Waals surface area (Å²) in [4.78, 5) is 80.2. The van der Waals surface area contributed by atoms with E-state index in [-0.39, 0.29) is 48.7 Å². The third-order valence-corrected chi connectivity index (χ3v) is 16.0. The molecule has 5 aliphatic heterocycles. The summed E-state index contributed by atoms with van der Waals surface area (Å²) in [6, 6.07) is 12.7. The predicted molar refractivity (Wildman–Crippen MR) is 263 cm³/mol. The van der Waals surface area contributed by atoms with Gasteiger partial charge in [-0.2, -0.15) is 0 Å². The average Bonchev–Trinajstić information content (AvgIpc) is 3.61. The molecule has 70 heavy (non-hydrogen) atoms. The van der Waals surface area contributed by atoms with E-state index in [1.807, 2.05) is 25.1 Å². The van der Waals surface area contributed by atoms with Crippen molar-refractivity contribution in [2.75, 3.05) is 46.4 Å². The maximum Gasteiger partial charge on any atom is 0.324 e. The van der Waals surface area contributed by atoms with Crippen molar-refractivity contribution in [1.29, 1.82) is 0 Å². The lowest BCUT2D eigenvalue weighted by Crippen LogP contribution is -2.62. The number of esters is 1. The Kier molecular flexibility index (Phi) is 13.0. The fraction of sp³-hybridized carbons (Fsp3) is 0.556. The molecule has 7 heterocycles. The van der Waals surface area contributed by atoms with Crippen LogP contribution in [0.2, 0.25) is 0 Å². The summed E-state index contributed by atoms with van der Waals surface area (Å²) in [5.74, 6) is -1.44. The molecule has 4 N–H and O–H groups in total. The first-order chi connectivity index (χ1) is 33.7. The van der Waals surface area contributed by atoms with Gasteiger partial charge in [-0.15, -0.1) is 0 Å². The maximum atomic E-state index is 15.1. The number of carbonyl (C=O) groups is 5. The zero-order valence-electron chi connectivity index (χ0n) is 41.2. The summed E-state index contributed by atoms with van der Waals surface area (Å²) in [7, 11) is 1.68. The van der Waals surface area contributed by atoms with E-state index in [1.54, 1.807) is 35.2 Å². The first-order valence-electron chi connectivity index (χ1n) is 25.5. The van der Waals surface area contributed by atoms with Crippen molar-refractivity contribution < 1.29 is 38.6 Å². The topological polar surface area (TPSA) is 198 Å². The number of amides is 4. The van der Waals surface area contributed by atoms with Crippen molar-refractivity contribution in [2.24, 2.45) is 16.7 Å². The second-order valence-corrected chi connectivity index (χ2v) is 21.5. The number of hydrogen-bond donors (Lipinski definition) is 4. The molecule has 10 rings (SSSR count). The molecular formula is C54H68N8O8. The van der Waals surface area contributed by atoms with E-state index >= 15 is 4.79 Å². The Labute approximate surface area is 409 Å². The Hall–Kier alpha value is -5.84. The molecule has 16 nitrogen and oxygen atoms in total. The quantitative estimate of drug-likeness (QED) is 0.123. The van der Waals surface area contributed by atoms with Gasteiger partial charge in [0.15, 0.2) is 0 Å². The van der Waals surface area contributed by atoms with E-state index in [1.165, 1.54) is 5.01 Å². The standard InChI is InChI=1S/C54H68N8O8/c1-6-60-44-16-15-35-27-39(44)40(47(60)38-13-9-19-55-45(38)32(2)69-5)28-53(3,4)31-70-51(67)41-14-10-20-62(58-41)50(66)42(25-33-23-36(35)26-37(63)24-33)57-48(64)46(34-11-7-8-12-34)61-22-18-54(52(61)68)17-21-59(30-54)49(65)43-29-56-43/h9,13,15-16,19,23-24,26-27,32,34,41-43,46,56,58,63H,6-8,10-12,14,17-18,20-22,25,28-31H2,1-5H3,(H,57,64)/t32-,41-,42-,43+,46?,54-/m0/s1. The Morgan fingerprint density at radius 3 is 2.54 bits per heavy atom. The zero-order valence-corrected chi connectivity index (χ0v) is 41.2. The smallest absolute Gasteiger partial charge is 0.324 e. The monoisotopic (exact) mass is 957 g/mol. The number of carbonyl (C=O) groups excluding carboxylic acids is 5. The summed E-state index contributed by atoms with van der Waals surface area (Å²) in [5, 5.41) is 20.1. The molecule has 6 atom stereocenters. The number of hydrogen-bond acceptors (Lipinski definition) is 11. The third-order valence-electron chi connectivity index (χ3n) is 16.0. The van der Waals surface area contributed by atoms with E-state index in [2.05, 4.69) is 59.6 Å². The van der Waals surface area contributed by atoms with Gasteiger partial charge >= 0.3 is 5.97 Å². The van der Waals surface area contributed by atoms with Crippen molar-refractivity contribution in [2.45, 2.75) is 129 Å². The van der Waals surface area contributed by atoms with Gasteiger partial charge in [0.05, 0.1) is 35.6 Å². The van der Waals surface area contributed by atoms with E-state index in [0.29, 0.717) is 76.9 Å². The molecule has 6 bridgehead atoms. The first kappa shape index (κ1) is 47.8. The Bertz CT molecular complexity index is 2710. The molecule has 2 aromatic heterocycles. The van der Waals surface area contributed by atoms with E-state index < -0.39 is 46.7 Å². The molecule has 372 valence electrons. The molecule has 4 amide bonds. The lowest BCUT2D eigenvalue weighted by molar-refractivity contribution is -0.155. The minimum Gasteiger partial charge on any atom is -0.508 e. The molecule has 4 saturated heterocycles. The van der Waals surface area contributed by atoms with Gasteiger partial charge in [0.1, 0.15) is 23.9 Å². The van der Waals surface area contributed by atoms with Crippen LogP contribution in [0, 0.1) is 16.7 Å². The summed E-state index contributed by atoms with van der Waals surface area (Å²) < 4.78 is 14.3. The van der Waals surface area contributed by atoms with Crippen LogP contribution in [0.4, 0.5) is 0 Å². The number of aromatic hydroxyl groups is 1.